The molecule has 1 aliphatic rings. The van der Waals surface area contributed by atoms with Gasteiger partial charge in [-0.05, 0) is 70.8 Å². The quantitative estimate of drug-likeness (QED) is 0.114. The maximum absolute atomic E-state index is 12.1. The molecule has 0 saturated carbocycles. The number of hydrogen-bond donors (Lipinski definition) is 4. The van der Waals surface area contributed by atoms with Gasteiger partial charge in [-0.2, -0.15) is 0 Å². The average Bonchev–Trinajstić information content (AvgIpc) is 3.32. The van der Waals surface area contributed by atoms with Gasteiger partial charge in [0.05, 0.1) is 22.7 Å². The fraction of sp³-hybridized carbons (Fsp3) is 0.0714. The van der Waals surface area contributed by atoms with Crippen molar-refractivity contribution in [3.8, 4) is 23.0 Å². The van der Waals surface area contributed by atoms with Crippen LogP contribution in [0.5, 0.6) is 23.0 Å². The molecule has 1 aliphatic carbocycles. The van der Waals surface area contributed by atoms with Crippen molar-refractivity contribution in [1.82, 2.24) is 0 Å². The van der Waals surface area contributed by atoms with Gasteiger partial charge in [0, 0.05) is 95.0 Å². The fourth-order valence-corrected chi connectivity index (χ4v) is 7.92. The lowest BCUT2D eigenvalue weighted by Gasteiger charge is -2.19. The molecule has 0 fully saturated rings. The van der Waals surface area contributed by atoms with Crippen LogP contribution in [0.4, 0.5) is 22.7 Å². The molecule has 8 bridgehead atoms. The fourth-order valence-electron chi connectivity index (χ4n) is 7.92. The summed E-state index contributed by atoms with van der Waals surface area (Å²) in [7, 11) is 0. The molecule has 0 unspecified atom stereocenters. The standard InChI is InChI=1S/C56H44N4O4/c61-53-41-21-43-27-50(58-34-38-15-7-2-8-16-38)29-45(54(43)62)23-47-31-52(60-36-40-19-11-4-12-20-40)32-48(56(47)64)24-46-30-51(59-35-39-17-9-3-10-18-39)28-44(55(46)63)22-42(53)26-49(25-41)57-33-37-13-5-1-6-14-37/h1-20,25-36,61-64H,21-24H2/b57-33+,58-34+,59-35+,60-36+. The van der Waals surface area contributed by atoms with Crippen molar-refractivity contribution in [3.05, 3.63) is 237 Å². The molecule has 0 radical (unpaired) electrons. The second kappa shape index (κ2) is 18.7. The van der Waals surface area contributed by atoms with Crippen molar-refractivity contribution < 1.29 is 20.4 Å². The molecule has 8 nitrogen and oxygen atoms in total. The lowest BCUT2D eigenvalue weighted by atomic mass is 9.90. The molecule has 0 spiro atoms. The molecule has 0 heterocycles. The second-order valence-electron chi connectivity index (χ2n) is 15.8. The molecule has 9 rings (SSSR count). The van der Waals surface area contributed by atoms with Crippen molar-refractivity contribution >= 4 is 47.6 Å². The van der Waals surface area contributed by atoms with E-state index in [1.54, 1.807) is 24.9 Å². The molecular formula is C56H44N4O4. The van der Waals surface area contributed by atoms with E-state index in [1.807, 2.05) is 170 Å². The Balaban J connectivity index is 1.24. The van der Waals surface area contributed by atoms with E-state index in [0.717, 1.165) is 22.3 Å². The van der Waals surface area contributed by atoms with Crippen molar-refractivity contribution in [2.45, 2.75) is 25.7 Å². The summed E-state index contributed by atoms with van der Waals surface area (Å²) < 4.78 is 0. The molecule has 8 heteroatoms. The van der Waals surface area contributed by atoms with Crippen LogP contribution in [-0.4, -0.2) is 45.3 Å². The van der Waals surface area contributed by atoms with Gasteiger partial charge in [0.1, 0.15) is 23.0 Å². The minimum Gasteiger partial charge on any atom is -0.507 e. The number of phenolic OH excluding ortho intramolecular Hbond substituents is 4. The SMILES string of the molecule is Oc1c2cc(/N=C/c3ccccc3)cc1Cc1cc(/N=C/c3ccccc3)cc(c1O)Cc1cc(/N=C/c3ccccc3)cc(c1O)Cc1cc(/N=C/c3ccccc3)cc(c1O)C2. The predicted octanol–water partition coefficient (Wildman–Crippen LogP) is 12.2. The molecule has 4 N–H and O–H groups in total. The number of nitrogens with zero attached hydrogens (tertiary/aromatic N) is 4. The van der Waals surface area contributed by atoms with E-state index < -0.39 is 0 Å². The summed E-state index contributed by atoms with van der Waals surface area (Å²) >= 11 is 0. The van der Waals surface area contributed by atoms with Crippen molar-refractivity contribution in [1.29, 1.82) is 0 Å². The average molecular weight is 837 g/mol. The predicted molar refractivity (Wildman–Crippen MR) is 258 cm³/mol. The van der Waals surface area contributed by atoms with Crippen LogP contribution in [0.2, 0.25) is 0 Å². The number of aliphatic imine (C=N–C) groups is 4. The van der Waals surface area contributed by atoms with Crippen LogP contribution in [0, 0.1) is 0 Å². The maximum atomic E-state index is 12.1. The van der Waals surface area contributed by atoms with Gasteiger partial charge >= 0.3 is 0 Å². The molecule has 8 aromatic carbocycles. The van der Waals surface area contributed by atoms with Crippen LogP contribution >= 0.6 is 0 Å². The number of fused-ring (bicyclic) bond motifs is 8. The van der Waals surface area contributed by atoms with Gasteiger partial charge in [-0.15, -0.1) is 0 Å². The lowest BCUT2D eigenvalue weighted by molar-refractivity contribution is 0.450. The molecular weight excluding hydrogens is 793 g/mol. The van der Waals surface area contributed by atoms with Crippen LogP contribution in [0.25, 0.3) is 0 Å². The summed E-state index contributed by atoms with van der Waals surface area (Å²) in [5.74, 6) is 0.0845. The third kappa shape index (κ3) is 9.72. The molecule has 0 aliphatic heterocycles. The summed E-state index contributed by atoms with van der Waals surface area (Å²) in [6.07, 6.45) is 7.58. The maximum Gasteiger partial charge on any atom is 0.122 e. The van der Waals surface area contributed by atoms with Crippen molar-refractivity contribution in [2.75, 3.05) is 0 Å². The number of hydrogen-bond acceptors (Lipinski definition) is 8. The molecule has 0 saturated heterocycles. The number of benzene rings is 8. The van der Waals surface area contributed by atoms with Crippen LogP contribution in [0.3, 0.4) is 0 Å². The number of aromatic hydroxyl groups is 4. The molecule has 0 amide bonds. The topological polar surface area (TPSA) is 130 Å². The van der Waals surface area contributed by atoms with Gasteiger partial charge in [0.15, 0.2) is 0 Å². The van der Waals surface area contributed by atoms with Crippen LogP contribution in [0.15, 0.2) is 190 Å². The largest absolute Gasteiger partial charge is 0.507 e. The normalized spacial score (nSPS) is 12.8. The van der Waals surface area contributed by atoms with E-state index in [1.165, 1.54) is 0 Å². The van der Waals surface area contributed by atoms with Crippen LogP contribution < -0.4 is 0 Å². The zero-order chi connectivity index (χ0) is 43.8. The Kier molecular flexibility index (Phi) is 12.0. The Morgan fingerprint density at radius 1 is 0.266 bits per heavy atom. The van der Waals surface area contributed by atoms with Gasteiger partial charge in [0.2, 0.25) is 0 Å². The van der Waals surface area contributed by atoms with E-state index >= 15 is 0 Å². The number of phenols is 4. The van der Waals surface area contributed by atoms with Gasteiger partial charge in [0.25, 0.3) is 0 Å². The van der Waals surface area contributed by atoms with Crippen LogP contribution in [-0.2, 0) is 25.7 Å². The third-order valence-electron chi connectivity index (χ3n) is 11.2. The Labute approximate surface area is 372 Å². The smallest absolute Gasteiger partial charge is 0.122 e. The first kappa shape index (κ1) is 41.0. The summed E-state index contributed by atoms with van der Waals surface area (Å²) in [5.41, 5.74) is 10.2. The Hall–Kier alpha value is -8.36. The zero-order valence-electron chi connectivity index (χ0n) is 34.9. The third-order valence-corrected chi connectivity index (χ3v) is 11.2. The van der Waals surface area contributed by atoms with Gasteiger partial charge in [-0.3, -0.25) is 20.0 Å². The minimum absolute atomic E-state index is 0.0211. The Morgan fingerprint density at radius 2 is 0.438 bits per heavy atom. The van der Waals surface area contributed by atoms with Gasteiger partial charge < -0.3 is 20.4 Å². The Bertz CT molecular complexity index is 2560. The zero-order valence-corrected chi connectivity index (χ0v) is 34.9. The van der Waals surface area contributed by atoms with Crippen molar-refractivity contribution in [2.24, 2.45) is 20.0 Å². The lowest BCUT2D eigenvalue weighted by Crippen LogP contribution is -2.01. The van der Waals surface area contributed by atoms with E-state index in [-0.39, 0.29) is 48.7 Å². The molecule has 8 aromatic rings. The molecule has 312 valence electrons. The first-order valence-electron chi connectivity index (χ1n) is 21.1. The van der Waals surface area contributed by atoms with E-state index in [4.69, 9.17) is 20.0 Å². The molecule has 0 aromatic heterocycles. The summed E-state index contributed by atoms with van der Waals surface area (Å²) in [5, 5.41) is 48.6. The number of rotatable bonds is 8. The van der Waals surface area contributed by atoms with E-state index in [2.05, 4.69) is 0 Å². The highest BCUT2D eigenvalue weighted by Crippen LogP contribution is 2.42. The van der Waals surface area contributed by atoms with Gasteiger partial charge in [-0.1, -0.05) is 121 Å². The molecule has 64 heavy (non-hydrogen) atoms. The summed E-state index contributed by atoms with van der Waals surface area (Å²) in [6, 6.07) is 53.6. The minimum atomic E-state index is 0.0211. The highest BCUT2D eigenvalue weighted by molar-refractivity contribution is 5.84. The highest BCUT2D eigenvalue weighted by atomic mass is 16.3. The highest BCUT2D eigenvalue weighted by Gasteiger charge is 2.22. The first-order chi connectivity index (χ1) is 31.3. The van der Waals surface area contributed by atoms with Crippen molar-refractivity contribution in [3.63, 3.8) is 0 Å². The Morgan fingerprint density at radius 3 is 0.609 bits per heavy atom. The van der Waals surface area contributed by atoms with Gasteiger partial charge in [-0.25, -0.2) is 0 Å². The van der Waals surface area contributed by atoms with E-state index in [9.17, 15) is 20.4 Å². The van der Waals surface area contributed by atoms with E-state index in [0.29, 0.717) is 67.3 Å². The summed E-state index contributed by atoms with van der Waals surface area (Å²) in [4.78, 5) is 19.4. The van der Waals surface area contributed by atoms with Crippen LogP contribution in [0.1, 0.15) is 66.8 Å². The second-order valence-corrected chi connectivity index (χ2v) is 15.8. The monoisotopic (exact) mass is 836 g/mol. The first-order valence-corrected chi connectivity index (χ1v) is 21.1. The summed E-state index contributed by atoms with van der Waals surface area (Å²) in [6.45, 7) is 0. The molecule has 0 atom stereocenters.